The van der Waals surface area contributed by atoms with Crippen molar-refractivity contribution in [3.8, 4) is 0 Å². The molecule has 0 heterocycles. The Balaban J connectivity index is 2.05. The van der Waals surface area contributed by atoms with Crippen molar-refractivity contribution < 1.29 is 18.0 Å². The van der Waals surface area contributed by atoms with Gasteiger partial charge >= 0.3 is 0 Å². The monoisotopic (exact) mass is 589 g/mol. The van der Waals surface area contributed by atoms with Crippen LogP contribution in [0.1, 0.15) is 38.3 Å². The number of aryl methyl sites for hydroxylation is 1. The van der Waals surface area contributed by atoms with Crippen molar-refractivity contribution in [1.29, 1.82) is 0 Å². The lowest BCUT2D eigenvalue weighted by atomic mass is 10.1. The van der Waals surface area contributed by atoms with E-state index in [1.165, 1.54) is 35.2 Å². The standard InChI is InChI=1S/C29H33Cl2N3O4S/c1-5-21(3)32-29(36)22(4)33(18-23-11-9-10-20(2)16-23)28(35)19-34(27-15-14-24(30)17-26(27)31)39(37,38)25-12-7-6-8-13-25/h6-17,21-22H,5,18-19H2,1-4H3,(H,32,36)/t21-,22+/m1/s1. The Morgan fingerprint density at radius 2 is 1.64 bits per heavy atom. The van der Waals surface area contributed by atoms with Gasteiger partial charge in [0, 0.05) is 17.6 Å². The summed E-state index contributed by atoms with van der Waals surface area (Å²) in [5.74, 6) is -0.888. The molecule has 0 fully saturated rings. The van der Waals surface area contributed by atoms with Gasteiger partial charge in [0.2, 0.25) is 11.8 Å². The van der Waals surface area contributed by atoms with E-state index in [0.29, 0.717) is 5.02 Å². The molecule has 0 aromatic heterocycles. The fourth-order valence-corrected chi connectivity index (χ4v) is 5.99. The second-order valence-corrected chi connectivity index (χ2v) is 12.1. The van der Waals surface area contributed by atoms with Crippen molar-refractivity contribution in [1.82, 2.24) is 10.2 Å². The minimum absolute atomic E-state index is 0.00314. The quantitative estimate of drug-likeness (QED) is 0.305. The SMILES string of the molecule is CC[C@@H](C)NC(=O)[C@H](C)N(Cc1cccc(C)c1)C(=O)CN(c1ccc(Cl)cc1Cl)S(=O)(=O)c1ccccc1. The molecule has 0 radical (unpaired) electrons. The lowest BCUT2D eigenvalue weighted by Crippen LogP contribution is -2.52. The highest BCUT2D eigenvalue weighted by Gasteiger charge is 2.33. The van der Waals surface area contributed by atoms with Crippen LogP contribution in [0.4, 0.5) is 5.69 Å². The number of hydrogen-bond donors (Lipinski definition) is 1. The molecule has 3 aromatic rings. The van der Waals surface area contributed by atoms with Crippen LogP contribution >= 0.6 is 23.2 Å². The summed E-state index contributed by atoms with van der Waals surface area (Å²) in [6, 6.07) is 18.8. The number of anilines is 1. The fraction of sp³-hybridized carbons (Fsp3) is 0.310. The topological polar surface area (TPSA) is 86.8 Å². The molecule has 3 rings (SSSR count). The van der Waals surface area contributed by atoms with Crippen LogP contribution in [0, 0.1) is 6.92 Å². The van der Waals surface area contributed by atoms with E-state index in [4.69, 9.17) is 23.2 Å². The van der Waals surface area contributed by atoms with Crippen LogP contribution in [0.5, 0.6) is 0 Å². The van der Waals surface area contributed by atoms with Crippen molar-refractivity contribution >= 4 is 50.7 Å². The number of nitrogens with zero attached hydrogens (tertiary/aromatic N) is 2. The Labute approximate surface area is 240 Å². The zero-order valence-electron chi connectivity index (χ0n) is 22.4. The van der Waals surface area contributed by atoms with Crippen LogP contribution in [-0.4, -0.2) is 43.8 Å². The molecule has 0 aliphatic rings. The van der Waals surface area contributed by atoms with E-state index >= 15 is 0 Å². The van der Waals surface area contributed by atoms with Crippen LogP contribution < -0.4 is 9.62 Å². The molecule has 0 aliphatic heterocycles. The maximum atomic E-state index is 13.9. The molecule has 7 nitrogen and oxygen atoms in total. The number of carbonyl (C=O) groups is 2. The van der Waals surface area contributed by atoms with Crippen molar-refractivity contribution in [3.05, 3.63) is 94.0 Å². The van der Waals surface area contributed by atoms with Gasteiger partial charge in [-0.25, -0.2) is 8.42 Å². The number of carbonyl (C=O) groups excluding carboxylic acids is 2. The van der Waals surface area contributed by atoms with Gasteiger partial charge in [0.15, 0.2) is 0 Å². The lowest BCUT2D eigenvalue weighted by molar-refractivity contribution is -0.139. The van der Waals surface area contributed by atoms with E-state index in [2.05, 4.69) is 5.32 Å². The van der Waals surface area contributed by atoms with Crippen molar-refractivity contribution in [3.63, 3.8) is 0 Å². The second-order valence-electron chi connectivity index (χ2n) is 9.43. The van der Waals surface area contributed by atoms with Gasteiger partial charge in [0.25, 0.3) is 10.0 Å². The Bertz CT molecular complexity index is 1420. The summed E-state index contributed by atoms with van der Waals surface area (Å²) in [6.45, 7) is 6.94. The highest BCUT2D eigenvalue weighted by molar-refractivity contribution is 7.92. The third-order valence-electron chi connectivity index (χ3n) is 6.39. The molecule has 39 heavy (non-hydrogen) atoms. The predicted octanol–water partition coefficient (Wildman–Crippen LogP) is 5.83. The van der Waals surface area contributed by atoms with Crippen molar-refractivity contribution in [2.24, 2.45) is 0 Å². The van der Waals surface area contributed by atoms with Crippen molar-refractivity contribution in [2.75, 3.05) is 10.8 Å². The number of rotatable bonds is 11. The number of halogens is 2. The lowest BCUT2D eigenvalue weighted by Gasteiger charge is -2.32. The molecule has 0 bridgehead atoms. The Morgan fingerprint density at radius 1 is 0.949 bits per heavy atom. The molecule has 10 heteroatoms. The first-order chi connectivity index (χ1) is 18.4. The molecule has 3 aromatic carbocycles. The van der Waals surface area contributed by atoms with E-state index in [0.717, 1.165) is 21.9 Å². The van der Waals surface area contributed by atoms with Crippen LogP contribution in [0.25, 0.3) is 0 Å². The zero-order valence-corrected chi connectivity index (χ0v) is 24.7. The van der Waals surface area contributed by atoms with Gasteiger partial charge < -0.3 is 10.2 Å². The van der Waals surface area contributed by atoms with Crippen LogP contribution in [-0.2, 0) is 26.2 Å². The fourth-order valence-electron chi connectivity index (χ4n) is 3.97. The molecule has 0 unspecified atom stereocenters. The summed E-state index contributed by atoms with van der Waals surface area (Å²) in [7, 11) is -4.21. The van der Waals surface area contributed by atoms with Crippen LogP contribution in [0.2, 0.25) is 10.0 Å². The van der Waals surface area contributed by atoms with E-state index in [-0.39, 0.29) is 34.1 Å². The summed E-state index contributed by atoms with van der Waals surface area (Å²) in [5, 5.41) is 3.31. The highest BCUT2D eigenvalue weighted by atomic mass is 35.5. The first-order valence-electron chi connectivity index (χ1n) is 12.6. The molecule has 2 amide bonds. The molecule has 0 saturated carbocycles. The van der Waals surface area contributed by atoms with E-state index in [1.54, 1.807) is 25.1 Å². The minimum atomic E-state index is -4.21. The summed E-state index contributed by atoms with van der Waals surface area (Å²) in [4.78, 5) is 28.4. The van der Waals surface area contributed by atoms with Crippen molar-refractivity contribution in [2.45, 2.75) is 57.6 Å². The largest absolute Gasteiger partial charge is 0.352 e. The van der Waals surface area contributed by atoms with Gasteiger partial charge in [-0.15, -0.1) is 0 Å². The molecule has 1 N–H and O–H groups in total. The predicted molar refractivity (Wildman–Crippen MR) is 157 cm³/mol. The Hall–Kier alpha value is -3.07. The summed E-state index contributed by atoms with van der Waals surface area (Å²) >= 11 is 12.5. The third-order valence-corrected chi connectivity index (χ3v) is 8.70. The van der Waals surface area contributed by atoms with Gasteiger partial charge in [0.05, 0.1) is 15.6 Å². The normalized spacial score (nSPS) is 12.9. The van der Waals surface area contributed by atoms with Gasteiger partial charge in [-0.1, -0.05) is 78.2 Å². The van der Waals surface area contributed by atoms with E-state index < -0.39 is 28.5 Å². The molecular formula is C29H33Cl2N3O4S. The minimum Gasteiger partial charge on any atom is -0.352 e. The van der Waals surface area contributed by atoms with Gasteiger partial charge in [0.1, 0.15) is 12.6 Å². The molecule has 2 atom stereocenters. The Kier molecular flexibility index (Phi) is 10.4. The maximum Gasteiger partial charge on any atom is 0.264 e. The van der Waals surface area contributed by atoms with Gasteiger partial charge in [-0.2, -0.15) is 0 Å². The van der Waals surface area contributed by atoms with Crippen LogP contribution in [0.15, 0.2) is 77.7 Å². The average Bonchev–Trinajstić information content (AvgIpc) is 2.90. The first kappa shape index (κ1) is 30.5. The molecule has 208 valence electrons. The smallest absolute Gasteiger partial charge is 0.264 e. The highest BCUT2D eigenvalue weighted by Crippen LogP contribution is 2.33. The number of hydrogen-bond acceptors (Lipinski definition) is 4. The van der Waals surface area contributed by atoms with E-state index in [1.807, 2.05) is 45.0 Å². The first-order valence-corrected chi connectivity index (χ1v) is 14.8. The average molecular weight is 591 g/mol. The second kappa shape index (κ2) is 13.3. The van der Waals surface area contributed by atoms with Gasteiger partial charge in [-0.3, -0.25) is 13.9 Å². The number of amides is 2. The summed E-state index contributed by atoms with van der Waals surface area (Å²) < 4.78 is 28.6. The Morgan fingerprint density at radius 3 is 2.26 bits per heavy atom. The van der Waals surface area contributed by atoms with Crippen LogP contribution in [0.3, 0.4) is 0 Å². The zero-order chi connectivity index (χ0) is 28.7. The number of nitrogens with one attached hydrogen (secondary N) is 1. The van der Waals surface area contributed by atoms with E-state index in [9.17, 15) is 18.0 Å². The maximum absolute atomic E-state index is 13.9. The molecular weight excluding hydrogens is 557 g/mol. The molecule has 0 aliphatic carbocycles. The number of sulfonamides is 1. The van der Waals surface area contributed by atoms with Gasteiger partial charge in [-0.05, 0) is 63.1 Å². The molecule has 0 saturated heterocycles. The molecule has 0 spiro atoms. The number of benzene rings is 3. The summed E-state index contributed by atoms with van der Waals surface area (Å²) in [6.07, 6.45) is 0.725. The summed E-state index contributed by atoms with van der Waals surface area (Å²) in [5.41, 5.74) is 1.91. The third kappa shape index (κ3) is 7.75.